The normalized spacial score (nSPS) is 33.5. The minimum Gasteiger partial charge on any atom is -0.462 e. The van der Waals surface area contributed by atoms with Crippen LogP contribution in [0.4, 0.5) is 0 Å². The summed E-state index contributed by atoms with van der Waals surface area (Å²) in [6, 6.07) is 0. The Morgan fingerprint density at radius 3 is 2.49 bits per heavy atom. The molecule has 0 bridgehead atoms. The fraction of sp³-hybridized carbons (Fsp3) is 0.793. The predicted octanol–water partition coefficient (Wildman–Crippen LogP) is 5.19. The van der Waals surface area contributed by atoms with Crippen LogP contribution in [0.1, 0.15) is 87.0 Å². The van der Waals surface area contributed by atoms with Crippen LogP contribution in [0.5, 0.6) is 0 Å². The third kappa shape index (κ3) is 9.05. The van der Waals surface area contributed by atoms with E-state index >= 15 is 0 Å². The standard InChI is InChI=1S/C24H36O5.C5H13N/c1-5-15(3)24(27)29-21-11-14(2)10-17-7-6-16(4)20(23(17)21)9-8-19-12-18(25)13-22(26)28-19;1-5(2,3)4-6/h6-7,10,14-16,18-21,23,25H,5,8-9,11-13H2,1-4H3;4,6H2,1-3H3/t14-,15-,16-,18+,19+,20-,21-,23?;/m0./s1. The maximum atomic E-state index is 12.5. The van der Waals surface area contributed by atoms with Crippen LogP contribution in [0, 0.1) is 35.0 Å². The third-order valence-corrected chi connectivity index (χ3v) is 7.55. The number of ether oxygens (including phenoxy) is 2. The molecule has 3 aliphatic rings. The molecular weight excluding hydrogens is 442 g/mol. The molecule has 1 aliphatic heterocycles. The number of hydrogen-bond acceptors (Lipinski definition) is 6. The largest absolute Gasteiger partial charge is 0.462 e. The first-order chi connectivity index (χ1) is 16.3. The number of aliphatic hydroxyl groups is 1. The van der Waals surface area contributed by atoms with Gasteiger partial charge in [0.05, 0.1) is 18.4 Å². The van der Waals surface area contributed by atoms with E-state index in [1.807, 2.05) is 13.8 Å². The molecule has 0 aromatic rings. The van der Waals surface area contributed by atoms with E-state index in [0.717, 1.165) is 32.2 Å². The molecule has 1 unspecified atom stereocenters. The molecule has 6 nitrogen and oxygen atoms in total. The Kier molecular flexibility index (Phi) is 11.0. The SMILES string of the molecule is CC(C)(C)CN.CC[C@H](C)C(=O)O[C@H]1C[C@@H](C)C=C2C=C[C@H](C)[C@H](CC[C@@H]3C[C@@H](O)CC(=O)O3)C21. The van der Waals surface area contributed by atoms with E-state index in [1.54, 1.807) is 0 Å². The van der Waals surface area contributed by atoms with Gasteiger partial charge in [0, 0.05) is 12.3 Å². The van der Waals surface area contributed by atoms with Crippen molar-refractivity contribution >= 4 is 11.9 Å². The van der Waals surface area contributed by atoms with Gasteiger partial charge in [0.15, 0.2) is 0 Å². The number of rotatable bonds is 6. The number of fused-ring (bicyclic) bond motifs is 1. The molecule has 1 fully saturated rings. The summed E-state index contributed by atoms with van der Waals surface area (Å²) in [7, 11) is 0. The molecule has 1 saturated heterocycles. The first-order valence-corrected chi connectivity index (χ1v) is 13.5. The first-order valence-electron chi connectivity index (χ1n) is 13.5. The zero-order valence-electron chi connectivity index (χ0n) is 23.0. The molecule has 8 atom stereocenters. The minimum atomic E-state index is -0.597. The van der Waals surface area contributed by atoms with Gasteiger partial charge in [-0.05, 0) is 61.0 Å². The number of carbonyl (C=O) groups is 2. The van der Waals surface area contributed by atoms with Crippen molar-refractivity contribution in [1.82, 2.24) is 0 Å². The van der Waals surface area contributed by atoms with E-state index in [2.05, 4.69) is 52.8 Å². The van der Waals surface area contributed by atoms with Crippen LogP contribution in [-0.4, -0.2) is 41.9 Å². The van der Waals surface area contributed by atoms with Crippen LogP contribution in [0.25, 0.3) is 0 Å². The topological polar surface area (TPSA) is 98.9 Å². The summed E-state index contributed by atoms with van der Waals surface area (Å²) in [5.41, 5.74) is 6.90. The van der Waals surface area contributed by atoms with E-state index < -0.39 is 6.10 Å². The van der Waals surface area contributed by atoms with Gasteiger partial charge >= 0.3 is 11.9 Å². The molecule has 6 heteroatoms. The minimum absolute atomic E-state index is 0.0854. The lowest BCUT2D eigenvalue weighted by Gasteiger charge is -2.43. The Balaban J connectivity index is 0.000000641. The van der Waals surface area contributed by atoms with Gasteiger partial charge in [-0.2, -0.15) is 0 Å². The molecule has 0 aromatic carbocycles. The molecule has 3 N–H and O–H groups in total. The van der Waals surface area contributed by atoms with Gasteiger partial charge in [0.2, 0.25) is 0 Å². The van der Waals surface area contributed by atoms with Crippen molar-refractivity contribution < 1.29 is 24.2 Å². The second-order valence-electron chi connectivity index (χ2n) is 12.1. The van der Waals surface area contributed by atoms with E-state index in [-0.39, 0.29) is 42.4 Å². The number of cyclic esters (lactones) is 1. The van der Waals surface area contributed by atoms with Gasteiger partial charge in [-0.15, -0.1) is 0 Å². The Bertz CT molecular complexity index is 768. The van der Waals surface area contributed by atoms with Gasteiger partial charge in [0.1, 0.15) is 12.2 Å². The Morgan fingerprint density at radius 2 is 1.91 bits per heavy atom. The fourth-order valence-electron chi connectivity index (χ4n) is 5.07. The van der Waals surface area contributed by atoms with Crippen LogP contribution in [0.15, 0.2) is 23.8 Å². The molecule has 0 spiro atoms. The van der Waals surface area contributed by atoms with Gasteiger partial charge < -0.3 is 20.3 Å². The van der Waals surface area contributed by atoms with E-state index in [4.69, 9.17) is 15.2 Å². The van der Waals surface area contributed by atoms with Crippen LogP contribution < -0.4 is 5.73 Å². The Hall–Kier alpha value is -1.66. The zero-order chi connectivity index (χ0) is 26.3. The highest BCUT2D eigenvalue weighted by atomic mass is 16.5. The molecule has 3 rings (SSSR count). The van der Waals surface area contributed by atoms with Crippen molar-refractivity contribution in [3.8, 4) is 0 Å². The second kappa shape index (κ2) is 13.0. The van der Waals surface area contributed by atoms with Crippen LogP contribution in [0.3, 0.4) is 0 Å². The lowest BCUT2D eigenvalue weighted by Crippen LogP contribution is -2.42. The third-order valence-electron chi connectivity index (χ3n) is 7.55. The predicted molar refractivity (Wildman–Crippen MR) is 139 cm³/mol. The monoisotopic (exact) mass is 491 g/mol. The fourth-order valence-corrected chi connectivity index (χ4v) is 5.07. The maximum Gasteiger partial charge on any atom is 0.308 e. The number of nitrogens with two attached hydrogens (primary N) is 1. The van der Waals surface area contributed by atoms with Crippen LogP contribution >= 0.6 is 0 Å². The Labute approximate surface area is 212 Å². The quantitative estimate of drug-likeness (QED) is 0.496. The van der Waals surface area contributed by atoms with Crippen LogP contribution in [0.2, 0.25) is 0 Å². The molecule has 1 heterocycles. The van der Waals surface area contributed by atoms with Gasteiger partial charge in [-0.3, -0.25) is 9.59 Å². The average molecular weight is 492 g/mol. The van der Waals surface area contributed by atoms with E-state index in [1.165, 1.54) is 5.57 Å². The number of aliphatic hydroxyl groups excluding tert-OH is 1. The molecule has 200 valence electrons. The summed E-state index contributed by atoms with van der Waals surface area (Å²) in [5, 5.41) is 9.89. The summed E-state index contributed by atoms with van der Waals surface area (Å²) >= 11 is 0. The van der Waals surface area contributed by atoms with E-state index in [0.29, 0.717) is 29.6 Å². The van der Waals surface area contributed by atoms with E-state index in [9.17, 15) is 14.7 Å². The summed E-state index contributed by atoms with van der Waals surface area (Å²) in [6.07, 6.45) is 9.70. The number of carbonyl (C=O) groups excluding carboxylic acids is 2. The molecule has 0 saturated carbocycles. The number of allylic oxidation sites excluding steroid dienone is 3. The molecule has 0 aromatic heterocycles. The first kappa shape index (κ1) is 29.6. The molecule has 35 heavy (non-hydrogen) atoms. The highest BCUT2D eigenvalue weighted by Gasteiger charge is 2.42. The summed E-state index contributed by atoms with van der Waals surface area (Å²) < 4.78 is 11.5. The van der Waals surface area contributed by atoms with Crippen LogP contribution in [-0.2, 0) is 19.1 Å². The number of hydrogen-bond donors (Lipinski definition) is 2. The van der Waals surface area contributed by atoms with Gasteiger partial charge in [-0.1, -0.05) is 66.7 Å². The Morgan fingerprint density at radius 1 is 1.26 bits per heavy atom. The highest BCUT2D eigenvalue weighted by molar-refractivity contribution is 5.72. The molecule has 0 amide bonds. The summed E-state index contributed by atoms with van der Waals surface area (Å²) in [6.45, 7) is 15.5. The average Bonchev–Trinajstić information content (AvgIpc) is 2.77. The molecular formula is C29H49NO5. The van der Waals surface area contributed by atoms with Gasteiger partial charge in [0.25, 0.3) is 0 Å². The van der Waals surface area contributed by atoms with Crippen molar-refractivity contribution in [1.29, 1.82) is 0 Å². The molecule has 2 aliphatic carbocycles. The molecule has 0 radical (unpaired) electrons. The number of esters is 2. The van der Waals surface area contributed by atoms with Crippen molar-refractivity contribution in [3.05, 3.63) is 23.8 Å². The zero-order valence-corrected chi connectivity index (χ0v) is 23.0. The van der Waals surface area contributed by atoms with Gasteiger partial charge in [-0.25, -0.2) is 0 Å². The lowest BCUT2D eigenvalue weighted by atomic mass is 9.65. The summed E-state index contributed by atoms with van der Waals surface area (Å²) in [4.78, 5) is 24.2. The summed E-state index contributed by atoms with van der Waals surface area (Å²) in [5.74, 6) is 0.755. The van der Waals surface area contributed by atoms with Crippen molar-refractivity contribution in [2.75, 3.05) is 6.54 Å². The smallest absolute Gasteiger partial charge is 0.308 e. The maximum absolute atomic E-state index is 12.5. The van der Waals surface area contributed by atoms with Crippen molar-refractivity contribution in [3.63, 3.8) is 0 Å². The van der Waals surface area contributed by atoms with Crippen molar-refractivity contribution in [2.24, 2.45) is 40.7 Å². The second-order valence-corrected chi connectivity index (χ2v) is 12.1. The lowest BCUT2D eigenvalue weighted by molar-refractivity contribution is -0.162. The highest BCUT2D eigenvalue weighted by Crippen LogP contribution is 2.45. The van der Waals surface area contributed by atoms with Crippen molar-refractivity contribution in [2.45, 2.75) is 105 Å².